The van der Waals surface area contributed by atoms with Gasteiger partial charge in [-0.2, -0.15) is 0 Å². The number of hydrogen-bond donors (Lipinski definition) is 1. The Balaban J connectivity index is 2.17. The zero-order valence-corrected chi connectivity index (χ0v) is 14.1. The molecule has 3 rings (SSSR count). The van der Waals surface area contributed by atoms with E-state index in [0.29, 0.717) is 5.69 Å². The molecule has 1 unspecified atom stereocenters. The first kappa shape index (κ1) is 16.4. The highest BCUT2D eigenvalue weighted by molar-refractivity contribution is 7.89. The molecule has 0 saturated heterocycles. The molecule has 0 fully saturated rings. The van der Waals surface area contributed by atoms with Crippen molar-refractivity contribution >= 4 is 27.1 Å². The molecule has 0 saturated carbocycles. The third-order valence-electron chi connectivity index (χ3n) is 4.19. The number of nitrogens with one attached hydrogen (secondary N) is 1. The summed E-state index contributed by atoms with van der Waals surface area (Å²) in [6.07, 6.45) is 0.782. The highest BCUT2D eigenvalue weighted by Gasteiger charge is 2.32. The standard InChI is InChI=1S/C16H17N3O4S/c1-11-9-12-5-3-4-6-14(12)18(11)15-8-7-13(24(22,23)17-2)10-16(15)19(20)21/h3-8,10-11,17H,9H2,1-2H3. The lowest BCUT2D eigenvalue weighted by Gasteiger charge is -2.25. The Morgan fingerprint density at radius 1 is 1.21 bits per heavy atom. The molecule has 1 aliphatic rings. The zero-order valence-electron chi connectivity index (χ0n) is 13.3. The van der Waals surface area contributed by atoms with Crippen molar-refractivity contribution in [2.75, 3.05) is 11.9 Å². The van der Waals surface area contributed by atoms with E-state index in [0.717, 1.165) is 23.7 Å². The Bertz CT molecular complexity index is 911. The van der Waals surface area contributed by atoms with Gasteiger partial charge in [0, 0.05) is 17.8 Å². The van der Waals surface area contributed by atoms with E-state index in [1.807, 2.05) is 36.1 Å². The van der Waals surface area contributed by atoms with E-state index in [-0.39, 0.29) is 16.6 Å². The zero-order chi connectivity index (χ0) is 17.5. The Morgan fingerprint density at radius 3 is 2.58 bits per heavy atom. The number of fused-ring (bicyclic) bond motifs is 1. The van der Waals surface area contributed by atoms with Gasteiger partial charge >= 0.3 is 0 Å². The van der Waals surface area contributed by atoms with Gasteiger partial charge in [-0.1, -0.05) is 18.2 Å². The van der Waals surface area contributed by atoms with Crippen molar-refractivity contribution in [3.8, 4) is 0 Å². The van der Waals surface area contributed by atoms with E-state index in [9.17, 15) is 18.5 Å². The fraction of sp³-hybridized carbons (Fsp3) is 0.250. The molecule has 0 aliphatic carbocycles. The van der Waals surface area contributed by atoms with Crippen LogP contribution in [-0.4, -0.2) is 26.4 Å². The van der Waals surface area contributed by atoms with E-state index in [4.69, 9.17) is 0 Å². The number of para-hydroxylation sites is 1. The van der Waals surface area contributed by atoms with E-state index >= 15 is 0 Å². The van der Waals surface area contributed by atoms with Crippen LogP contribution in [0.3, 0.4) is 0 Å². The summed E-state index contributed by atoms with van der Waals surface area (Å²) in [5.41, 5.74) is 2.20. The third-order valence-corrected chi connectivity index (χ3v) is 5.60. The van der Waals surface area contributed by atoms with Gasteiger partial charge in [-0.05, 0) is 44.2 Å². The Hall–Kier alpha value is -2.45. The van der Waals surface area contributed by atoms with Crippen LogP contribution in [0, 0.1) is 10.1 Å². The van der Waals surface area contributed by atoms with Crippen LogP contribution in [0.1, 0.15) is 12.5 Å². The van der Waals surface area contributed by atoms with Crippen LogP contribution in [0.2, 0.25) is 0 Å². The summed E-state index contributed by atoms with van der Waals surface area (Å²) < 4.78 is 26.0. The Morgan fingerprint density at radius 2 is 1.92 bits per heavy atom. The molecule has 7 nitrogen and oxygen atoms in total. The first-order valence-electron chi connectivity index (χ1n) is 7.44. The van der Waals surface area contributed by atoms with Crippen molar-refractivity contribution in [1.82, 2.24) is 4.72 Å². The van der Waals surface area contributed by atoms with Gasteiger partial charge < -0.3 is 4.90 Å². The SMILES string of the molecule is CNS(=O)(=O)c1ccc(N2c3ccccc3CC2C)c([N+](=O)[O-])c1. The maximum absolute atomic E-state index is 11.9. The van der Waals surface area contributed by atoms with Crippen molar-refractivity contribution in [2.45, 2.75) is 24.3 Å². The van der Waals surface area contributed by atoms with Crippen molar-refractivity contribution < 1.29 is 13.3 Å². The second-order valence-corrected chi connectivity index (χ2v) is 7.55. The summed E-state index contributed by atoms with van der Waals surface area (Å²) in [7, 11) is -2.47. The fourth-order valence-corrected chi connectivity index (χ4v) is 3.82. The minimum atomic E-state index is -3.74. The number of rotatable bonds is 4. The molecular weight excluding hydrogens is 330 g/mol. The summed E-state index contributed by atoms with van der Waals surface area (Å²) in [5.74, 6) is 0. The number of anilines is 2. The average molecular weight is 347 g/mol. The van der Waals surface area contributed by atoms with Crippen molar-refractivity contribution in [2.24, 2.45) is 0 Å². The second-order valence-electron chi connectivity index (χ2n) is 5.67. The molecule has 2 aromatic carbocycles. The number of hydrogen-bond acceptors (Lipinski definition) is 5. The molecule has 1 heterocycles. The lowest BCUT2D eigenvalue weighted by atomic mass is 10.1. The van der Waals surface area contributed by atoms with E-state index in [1.54, 1.807) is 0 Å². The molecule has 0 radical (unpaired) electrons. The van der Waals surface area contributed by atoms with Crippen molar-refractivity contribution in [3.63, 3.8) is 0 Å². The monoisotopic (exact) mass is 347 g/mol. The van der Waals surface area contributed by atoms with Gasteiger partial charge in [-0.25, -0.2) is 13.1 Å². The smallest absolute Gasteiger partial charge is 0.294 e. The van der Waals surface area contributed by atoms with Gasteiger partial charge in [0.05, 0.1) is 9.82 Å². The first-order chi connectivity index (χ1) is 11.3. The van der Waals surface area contributed by atoms with Crippen molar-refractivity contribution in [3.05, 3.63) is 58.1 Å². The highest BCUT2D eigenvalue weighted by atomic mass is 32.2. The van der Waals surface area contributed by atoms with Gasteiger partial charge in [-0.3, -0.25) is 10.1 Å². The molecule has 1 atom stereocenters. The lowest BCUT2D eigenvalue weighted by molar-refractivity contribution is -0.384. The molecule has 0 bridgehead atoms. The molecule has 0 spiro atoms. The van der Waals surface area contributed by atoms with Gasteiger partial charge in [0.2, 0.25) is 10.0 Å². The average Bonchev–Trinajstić information content (AvgIpc) is 2.89. The molecule has 1 aliphatic heterocycles. The van der Waals surface area contributed by atoms with E-state index < -0.39 is 14.9 Å². The van der Waals surface area contributed by atoms with E-state index in [1.165, 1.54) is 19.2 Å². The summed E-state index contributed by atoms with van der Waals surface area (Å²) in [4.78, 5) is 12.8. The van der Waals surface area contributed by atoms with Crippen molar-refractivity contribution in [1.29, 1.82) is 0 Å². The van der Waals surface area contributed by atoms with Crippen LogP contribution in [-0.2, 0) is 16.4 Å². The largest absolute Gasteiger partial charge is 0.332 e. The molecule has 0 aromatic heterocycles. The predicted octanol–water partition coefficient (Wildman–Crippen LogP) is 2.59. The van der Waals surface area contributed by atoms with Crippen LogP contribution in [0.5, 0.6) is 0 Å². The van der Waals surface area contributed by atoms with Gasteiger partial charge in [0.15, 0.2) is 0 Å². The lowest BCUT2D eigenvalue weighted by Crippen LogP contribution is -2.25. The summed E-state index contributed by atoms with van der Waals surface area (Å²) in [5, 5.41) is 11.5. The topological polar surface area (TPSA) is 92.6 Å². The number of nitro groups is 1. The highest BCUT2D eigenvalue weighted by Crippen LogP contribution is 2.42. The Kier molecular flexibility index (Phi) is 4.02. The minimum absolute atomic E-state index is 0.0489. The van der Waals surface area contributed by atoms with Gasteiger partial charge in [0.1, 0.15) is 5.69 Å². The molecule has 126 valence electrons. The Labute approximate surface area is 140 Å². The van der Waals surface area contributed by atoms with Gasteiger partial charge in [-0.15, -0.1) is 0 Å². The molecular formula is C16H17N3O4S. The normalized spacial score (nSPS) is 16.9. The fourth-order valence-electron chi connectivity index (χ4n) is 3.07. The summed E-state index contributed by atoms with van der Waals surface area (Å²) in [6, 6.07) is 11.8. The molecule has 8 heteroatoms. The van der Waals surface area contributed by atoms with Crippen LogP contribution in [0.15, 0.2) is 47.4 Å². The summed E-state index contributed by atoms with van der Waals surface area (Å²) in [6.45, 7) is 1.99. The van der Waals surface area contributed by atoms with Crippen LogP contribution >= 0.6 is 0 Å². The molecule has 1 N–H and O–H groups in total. The molecule has 24 heavy (non-hydrogen) atoms. The summed E-state index contributed by atoms with van der Waals surface area (Å²) >= 11 is 0. The molecule has 2 aromatic rings. The number of nitrogens with zero attached hydrogens (tertiary/aromatic N) is 2. The first-order valence-corrected chi connectivity index (χ1v) is 8.92. The molecule has 0 amide bonds. The van der Waals surface area contributed by atoms with Crippen LogP contribution in [0.25, 0.3) is 0 Å². The quantitative estimate of drug-likeness (QED) is 0.678. The third kappa shape index (κ3) is 2.63. The minimum Gasteiger partial charge on any atom is -0.332 e. The predicted molar refractivity (Wildman–Crippen MR) is 91.1 cm³/mol. The number of nitro benzene ring substituents is 1. The van der Waals surface area contributed by atoms with Gasteiger partial charge in [0.25, 0.3) is 5.69 Å². The second kappa shape index (κ2) is 5.88. The van der Waals surface area contributed by atoms with E-state index in [2.05, 4.69) is 4.72 Å². The maximum Gasteiger partial charge on any atom is 0.294 e. The van der Waals surface area contributed by atoms with Crippen LogP contribution in [0.4, 0.5) is 17.1 Å². The van der Waals surface area contributed by atoms with Crippen LogP contribution < -0.4 is 9.62 Å². The number of sulfonamides is 1. The maximum atomic E-state index is 11.9. The number of benzene rings is 2.